The number of alkyl halides is 1. The van der Waals surface area contributed by atoms with E-state index in [1.807, 2.05) is 12.1 Å². The third-order valence-corrected chi connectivity index (χ3v) is 3.05. The first-order valence-corrected chi connectivity index (χ1v) is 6.14. The van der Waals surface area contributed by atoms with Gasteiger partial charge in [0.15, 0.2) is 5.82 Å². The smallest absolute Gasteiger partial charge is 0.151 e. The zero-order valence-electron chi connectivity index (χ0n) is 8.06. The molecule has 0 N–H and O–H groups in total. The molecule has 1 aromatic heterocycles. The van der Waals surface area contributed by atoms with Crippen molar-refractivity contribution in [2.75, 3.05) is 16.8 Å². The Labute approximate surface area is 92.7 Å². The Morgan fingerprint density at radius 3 is 2.86 bits per heavy atom. The summed E-state index contributed by atoms with van der Waals surface area (Å²) in [6.45, 7) is 1.02. The van der Waals surface area contributed by atoms with Gasteiger partial charge in [-0.1, -0.05) is 15.9 Å². The largest absolute Gasteiger partial charge is 0.351 e. The van der Waals surface area contributed by atoms with E-state index in [1.165, 1.54) is 19.3 Å². The molecular formula is C10H14BrN3. The number of nitrogens with zero attached hydrogens (tertiary/aromatic N) is 3. The summed E-state index contributed by atoms with van der Waals surface area (Å²) < 4.78 is 0. The Balaban J connectivity index is 2.09. The third kappa shape index (κ3) is 2.05. The van der Waals surface area contributed by atoms with Crippen molar-refractivity contribution < 1.29 is 0 Å². The molecule has 14 heavy (non-hydrogen) atoms. The maximum atomic E-state index is 4.16. The molecule has 0 bridgehead atoms. The highest BCUT2D eigenvalue weighted by molar-refractivity contribution is 9.09. The van der Waals surface area contributed by atoms with Gasteiger partial charge in [0.2, 0.25) is 0 Å². The van der Waals surface area contributed by atoms with E-state index in [2.05, 4.69) is 31.0 Å². The van der Waals surface area contributed by atoms with Crippen LogP contribution in [-0.2, 0) is 0 Å². The zero-order valence-corrected chi connectivity index (χ0v) is 9.65. The highest BCUT2D eigenvalue weighted by Gasteiger charge is 2.25. The van der Waals surface area contributed by atoms with Gasteiger partial charge < -0.3 is 4.90 Å². The van der Waals surface area contributed by atoms with E-state index in [-0.39, 0.29) is 0 Å². The van der Waals surface area contributed by atoms with Crippen LogP contribution in [0, 0.1) is 0 Å². The van der Waals surface area contributed by atoms with E-state index in [4.69, 9.17) is 0 Å². The lowest BCUT2D eigenvalue weighted by atomic mass is 9.91. The summed E-state index contributed by atoms with van der Waals surface area (Å²) in [5, 5.41) is 9.06. The molecule has 3 nitrogen and oxygen atoms in total. The molecule has 76 valence electrons. The maximum absolute atomic E-state index is 4.16. The monoisotopic (exact) mass is 255 g/mol. The molecule has 1 fully saturated rings. The summed E-state index contributed by atoms with van der Waals surface area (Å²) in [6.07, 6.45) is 5.66. The second-order valence-electron chi connectivity index (χ2n) is 3.55. The van der Waals surface area contributed by atoms with Gasteiger partial charge >= 0.3 is 0 Å². The predicted octanol–water partition coefficient (Wildman–Crippen LogP) is 2.23. The van der Waals surface area contributed by atoms with Crippen molar-refractivity contribution in [3.8, 4) is 0 Å². The molecular weight excluding hydrogens is 242 g/mol. The molecule has 1 heterocycles. The molecule has 2 rings (SSSR count). The predicted molar refractivity (Wildman–Crippen MR) is 60.8 cm³/mol. The Morgan fingerprint density at radius 1 is 1.50 bits per heavy atom. The quantitative estimate of drug-likeness (QED) is 0.773. The van der Waals surface area contributed by atoms with Gasteiger partial charge in [0.05, 0.1) is 0 Å². The van der Waals surface area contributed by atoms with Crippen molar-refractivity contribution in [3.05, 3.63) is 18.3 Å². The fourth-order valence-electron chi connectivity index (χ4n) is 1.72. The van der Waals surface area contributed by atoms with Gasteiger partial charge in [-0.2, -0.15) is 5.10 Å². The van der Waals surface area contributed by atoms with Crippen LogP contribution in [0.3, 0.4) is 0 Å². The summed E-state index contributed by atoms with van der Waals surface area (Å²) in [7, 11) is 0. The topological polar surface area (TPSA) is 29.0 Å². The summed E-state index contributed by atoms with van der Waals surface area (Å²) in [5.74, 6) is 1.01. The van der Waals surface area contributed by atoms with Crippen LogP contribution in [0.25, 0.3) is 0 Å². The van der Waals surface area contributed by atoms with Crippen LogP contribution in [0.2, 0.25) is 0 Å². The second-order valence-corrected chi connectivity index (χ2v) is 4.34. The summed E-state index contributed by atoms with van der Waals surface area (Å²) in [4.78, 5) is 2.35. The molecule has 0 atom stereocenters. The van der Waals surface area contributed by atoms with Crippen LogP contribution in [0.5, 0.6) is 0 Å². The van der Waals surface area contributed by atoms with E-state index in [0.29, 0.717) is 6.04 Å². The first-order valence-electron chi connectivity index (χ1n) is 5.02. The highest BCUT2D eigenvalue weighted by Crippen LogP contribution is 2.27. The van der Waals surface area contributed by atoms with E-state index >= 15 is 0 Å². The van der Waals surface area contributed by atoms with E-state index < -0.39 is 0 Å². The molecule has 1 aliphatic carbocycles. The lowest BCUT2D eigenvalue weighted by molar-refractivity contribution is 0.388. The van der Waals surface area contributed by atoms with E-state index in [1.54, 1.807) is 6.20 Å². The molecule has 1 aromatic rings. The van der Waals surface area contributed by atoms with Gasteiger partial charge in [-0.3, -0.25) is 0 Å². The lowest BCUT2D eigenvalue weighted by Crippen LogP contribution is -2.41. The van der Waals surface area contributed by atoms with Crippen LogP contribution in [0.4, 0.5) is 5.82 Å². The van der Waals surface area contributed by atoms with Gasteiger partial charge in [0.25, 0.3) is 0 Å². The Morgan fingerprint density at radius 2 is 2.36 bits per heavy atom. The van der Waals surface area contributed by atoms with Crippen LogP contribution in [-0.4, -0.2) is 28.1 Å². The van der Waals surface area contributed by atoms with Crippen molar-refractivity contribution in [2.45, 2.75) is 25.3 Å². The number of hydrogen-bond donors (Lipinski definition) is 0. The molecule has 0 spiro atoms. The second kappa shape index (κ2) is 4.73. The highest BCUT2D eigenvalue weighted by atomic mass is 79.9. The molecule has 1 aliphatic rings. The fourth-order valence-corrected chi connectivity index (χ4v) is 2.10. The molecule has 0 amide bonds. The van der Waals surface area contributed by atoms with Crippen LogP contribution < -0.4 is 4.90 Å². The standard InChI is InChI=1S/C10H14BrN3/c11-6-8-14(9-3-1-4-9)10-5-2-7-12-13-10/h2,5,7,9H,1,3-4,6,8H2. The molecule has 4 heteroatoms. The number of aromatic nitrogens is 2. The van der Waals surface area contributed by atoms with Gasteiger partial charge in [0, 0.05) is 24.1 Å². The van der Waals surface area contributed by atoms with Gasteiger partial charge in [-0.25, -0.2) is 0 Å². The average Bonchev–Trinajstić information content (AvgIpc) is 2.16. The third-order valence-electron chi connectivity index (χ3n) is 2.69. The first-order chi connectivity index (χ1) is 6.92. The van der Waals surface area contributed by atoms with E-state index in [9.17, 15) is 0 Å². The zero-order chi connectivity index (χ0) is 9.80. The Bertz CT molecular complexity index is 274. The van der Waals surface area contributed by atoms with Crippen molar-refractivity contribution in [2.24, 2.45) is 0 Å². The lowest BCUT2D eigenvalue weighted by Gasteiger charge is -2.37. The van der Waals surface area contributed by atoms with Crippen LogP contribution in [0.15, 0.2) is 18.3 Å². The number of halogens is 1. The summed E-state index contributed by atoms with van der Waals surface area (Å²) in [6, 6.07) is 4.67. The Hall–Kier alpha value is -0.640. The molecule has 0 unspecified atom stereocenters. The Kier molecular flexibility index (Phi) is 3.35. The average molecular weight is 256 g/mol. The minimum absolute atomic E-state index is 0.684. The van der Waals surface area contributed by atoms with Crippen LogP contribution in [0.1, 0.15) is 19.3 Å². The molecule has 0 saturated heterocycles. The van der Waals surface area contributed by atoms with Crippen molar-refractivity contribution in [1.82, 2.24) is 10.2 Å². The van der Waals surface area contributed by atoms with Crippen molar-refractivity contribution in [3.63, 3.8) is 0 Å². The molecule has 0 aromatic carbocycles. The fraction of sp³-hybridized carbons (Fsp3) is 0.600. The normalized spacial score (nSPS) is 16.4. The molecule has 0 aliphatic heterocycles. The van der Waals surface area contributed by atoms with Crippen LogP contribution >= 0.6 is 15.9 Å². The SMILES string of the molecule is BrCCN(c1cccnn1)C1CCC1. The van der Waals surface area contributed by atoms with Crippen molar-refractivity contribution in [1.29, 1.82) is 0 Å². The molecule has 1 saturated carbocycles. The van der Waals surface area contributed by atoms with E-state index in [0.717, 1.165) is 17.7 Å². The van der Waals surface area contributed by atoms with Gasteiger partial charge in [-0.05, 0) is 31.4 Å². The summed E-state index contributed by atoms with van der Waals surface area (Å²) >= 11 is 3.48. The number of hydrogen-bond acceptors (Lipinski definition) is 3. The first kappa shape index (κ1) is 9.90. The number of anilines is 1. The van der Waals surface area contributed by atoms with Crippen molar-refractivity contribution >= 4 is 21.7 Å². The maximum Gasteiger partial charge on any atom is 0.151 e. The van der Waals surface area contributed by atoms with Gasteiger partial charge in [-0.15, -0.1) is 5.10 Å². The van der Waals surface area contributed by atoms with Gasteiger partial charge in [0.1, 0.15) is 0 Å². The number of rotatable bonds is 4. The minimum atomic E-state index is 0.684. The molecule has 0 radical (unpaired) electrons. The minimum Gasteiger partial charge on any atom is -0.351 e. The summed E-state index contributed by atoms with van der Waals surface area (Å²) in [5.41, 5.74) is 0.